The molecular weight excluding hydrogens is 130 g/mol. The zero-order valence-electron chi connectivity index (χ0n) is 5.42. The average Bonchev–Trinajstić information content (AvgIpc) is 2.17. The third kappa shape index (κ3) is 1.64. The van der Waals surface area contributed by atoms with Crippen molar-refractivity contribution in [3.8, 4) is 0 Å². The summed E-state index contributed by atoms with van der Waals surface area (Å²) in [5.41, 5.74) is 1.13. The van der Waals surface area contributed by atoms with Crippen molar-refractivity contribution in [2.45, 2.75) is 13.3 Å². The summed E-state index contributed by atoms with van der Waals surface area (Å²) in [6.45, 7) is 5.64. The van der Waals surface area contributed by atoms with E-state index < -0.39 is 0 Å². The molecule has 1 heterocycles. The zero-order valence-corrected chi connectivity index (χ0v) is 6.24. The van der Waals surface area contributed by atoms with Gasteiger partial charge in [0.1, 0.15) is 0 Å². The minimum atomic E-state index is 0.893. The summed E-state index contributed by atoms with van der Waals surface area (Å²) >= 11 is 1.69. The van der Waals surface area contributed by atoms with Gasteiger partial charge in [-0.15, -0.1) is 17.9 Å². The molecule has 0 radical (unpaired) electrons. The Kier molecular flexibility index (Phi) is 2.01. The molecule has 0 aliphatic heterocycles. The molecule has 0 spiro atoms. The Balaban J connectivity index is 2.72. The van der Waals surface area contributed by atoms with Gasteiger partial charge in [0.05, 0.1) is 10.7 Å². The van der Waals surface area contributed by atoms with Crippen LogP contribution in [0.2, 0.25) is 0 Å². The van der Waals surface area contributed by atoms with Gasteiger partial charge in [0.2, 0.25) is 0 Å². The van der Waals surface area contributed by atoms with Crippen molar-refractivity contribution in [1.82, 2.24) is 4.98 Å². The predicted molar refractivity (Wildman–Crippen MR) is 40.8 cm³/mol. The average molecular weight is 139 g/mol. The summed E-state index contributed by atoms with van der Waals surface area (Å²) in [4.78, 5) is 4.25. The predicted octanol–water partition coefficient (Wildman–Crippen LogP) is 2.18. The second-order valence-corrected chi connectivity index (χ2v) is 2.91. The number of nitrogens with zero attached hydrogens (tertiary/aromatic N) is 1. The summed E-state index contributed by atoms with van der Waals surface area (Å²) in [5, 5.41) is 3.20. The largest absolute Gasteiger partial charge is 0.246 e. The van der Waals surface area contributed by atoms with Crippen LogP contribution in [-0.2, 0) is 6.42 Å². The SMILES string of the molecule is C=CCc1csc(C)n1. The maximum Gasteiger partial charge on any atom is 0.0897 e. The van der Waals surface area contributed by atoms with Crippen LogP contribution in [0.5, 0.6) is 0 Å². The topological polar surface area (TPSA) is 12.9 Å². The van der Waals surface area contributed by atoms with E-state index in [2.05, 4.69) is 16.9 Å². The molecule has 48 valence electrons. The molecule has 1 aromatic rings. The van der Waals surface area contributed by atoms with E-state index in [1.165, 1.54) is 0 Å². The minimum Gasteiger partial charge on any atom is -0.246 e. The van der Waals surface area contributed by atoms with Crippen molar-refractivity contribution in [3.05, 3.63) is 28.7 Å². The molecule has 0 unspecified atom stereocenters. The number of aromatic nitrogens is 1. The van der Waals surface area contributed by atoms with E-state index in [9.17, 15) is 0 Å². The quantitative estimate of drug-likeness (QED) is 0.572. The van der Waals surface area contributed by atoms with E-state index in [4.69, 9.17) is 0 Å². The van der Waals surface area contributed by atoms with Crippen LogP contribution in [0.4, 0.5) is 0 Å². The molecule has 0 saturated carbocycles. The van der Waals surface area contributed by atoms with Crippen LogP contribution < -0.4 is 0 Å². The van der Waals surface area contributed by atoms with E-state index >= 15 is 0 Å². The fourth-order valence-electron chi connectivity index (χ4n) is 0.650. The lowest BCUT2D eigenvalue weighted by atomic mass is 10.3. The Morgan fingerprint density at radius 3 is 3.11 bits per heavy atom. The van der Waals surface area contributed by atoms with Gasteiger partial charge >= 0.3 is 0 Å². The molecule has 0 amide bonds. The first-order valence-corrected chi connectivity index (χ1v) is 3.73. The molecule has 0 N–H and O–H groups in total. The Hall–Kier alpha value is -0.630. The van der Waals surface area contributed by atoms with Crippen LogP contribution in [-0.4, -0.2) is 4.98 Å². The maximum absolute atomic E-state index is 4.25. The summed E-state index contributed by atoms with van der Waals surface area (Å²) in [6, 6.07) is 0. The first-order chi connectivity index (χ1) is 4.33. The Morgan fingerprint density at radius 2 is 2.67 bits per heavy atom. The molecule has 0 fully saturated rings. The van der Waals surface area contributed by atoms with E-state index in [1.807, 2.05) is 13.0 Å². The van der Waals surface area contributed by atoms with E-state index in [0.717, 1.165) is 17.1 Å². The van der Waals surface area contributed by atoms with Crippen LogP contribution in [0.25, 0.3) is 0 Å². The molecule has 1 rings (SSSR count). The highest BCUT2D eigenvalue weighted by molar-refractivity contribution is 7.09. The van der Waals surface area contributed by atoms with Gasteiger partial charge < -0.3 is 0 Å². The monoisotopic (exact) mass is 139 g/mol. The highest BCUT2D eigenvalue weighted by Gasteiger charge is 1.92. The molecule has 0 saturated heterocycles. The number of aryl methyl sites for hydroxylation is 1. The highest BCUT2D eigenvalue weighted by Crippen LogP contribution is 2.07. The molecule has 0 aliphatic rings. The van der Waals surface area contributed by atoms with Gasteiger partial charge in [0.25, 0.3) is 0 Å². The lowest BCUT2D eigenvalue weighted by Gasteiger charge is -1.81. The van der Waals surface area contributed by atoms with Gasteiger partial charge in [-0.1, -0.05) is 6.08 Å². The van der Waals surface area contributed by atoms with Gasteiger partial charge in [-0.3, -0.25) is 0 Å². The zero-order chi connectivity index (χ0) is 6.69. The Labute approximate surface area is 59.1 Å². The van der Waals surface area contributed by atoms with Gasteiger partial charge in [-0.05, 0) is 6.92 Å². The van der Waals surface area contributed by atoms with Crippen molar-refractivity contribution >= 4 is 11.3 Å². The highest BCUT2D eigenvalue weighted by atomic mass is 32.1. The van der Waals surface area contributed by atoms with Gasteiger partial charge in [-0.2, -0.15) is 0 Å². The summed E-state index contributed by atoms with van der Waals surface area (Å²) < 4.78 is 0. The molecule has 1 nitrogen and oxygen atoms in total. The van der Waals surface area contributed by atoms with Crippen LogP contribution in [0, 0.1) is 6.92 Å². The second-order valence-electron chi connectivity index (χ2n) is 1.85. The molecular formula is C7H9NS. The number of hydrogen-bond acceptors (Lipinski definition) is 2. The van der Waals surface area contributed by atoms with Gasteiger partial charge in [-0.25, -0.2) is 4.98 Å². The van der Waals surface area contributed by atoms with Crippen molar-refractivity contribution in [2.24, 2.45) is 0 Å². The summed E-state index contributed by atoms with van der Waals surface area (Å²) in [5.74, 6) is 0. The molecule has 0 aromatic carbocycles. The minimum absolute atomic E-state index is 0.893. The summed E-state index contributed by atoms with van der Waals surface area (Å²) in [6.07, 6.45) is 2.76. The first-order valence-electron chi connectivity index (χ1n) is 2.85. The second kappa shape index (κ2) is 2.78. The van der Waals surface area contributed by atoms with Crippen molar-refractivity contribution < 1.29 is 0 Å². The van der Waals surface area contributed by atoms with E-state index in [1.54, 1.807) is 11.3 Å². The van der Waals surface area contributed by atoms with E-state index in [-0.39, 0.29) is 0 Å². The lowest BCUT2D eigenvalue weighted by molar-refractivity contribution is 1.12. The van der Waals surface area contributed by atoms with Crippen molar-refractivity contribution in [3.63, 3.8) is 0 Å². The number of allylic oxidation sites excluding steroid dienone is 1. The third-order valence-electron chi connectivity index (χ3n) is 1.02. The molecule has 2 heteroatoms. The van der Waals surface area contributed by atoms with Crippen molar-refractivity contribution in [2.75, 3.05) is 0 Å². The maximum atomic E-state index is 4.25. The van der Waals surface area contributed by atoms with Gasteiger partial charge in [0, 0.05) is 11.8 Å². The third-order valence-corrected chi connectivity index (χ3v) is 1.84. The normalized spacial score (nSPS) is 9.44. The molecule has 0 atom stereocenters. The number of thiazole rings is 1. The standard InChI is InChI=1S/C7H9NS/c1-3-4-7-5-9-6(2)8-7/h3,5H,1,4H2,2H3. The van der Waals surface area contributed by atoms with Crippen LogP contribution >= 0.6 is 11.3 Å². The molecule has 0 bridgehead atoms. The first kappa shape index (κ1) is 6.49. The number of hydrogen-bond donors (Lipinski definition) is 0. The van der Waals surface area contributed by atoms with Crippen LogP contribution in [0.3, 0.4) is 0 Å². The summed E-state index contributed by atoms with van der Waals surface area (Å²) in [7, 11) is 0. The van der Waals surface area contributed by atoms with Crippen LogP contribution in [0.1, 0.15) is 10.7 Å². The molecule has 9 heavy (non-hydrogen) atoms. The molecule has 0 aliphatic carbocycles. The van der Waals surface area contributed by atoms with E-state index in [0.29, 0.717) is 0 Å². The molecule has 1 aromatic heterocycles. The number of rotatable bonds is 2. The fraction of sp³-hybridized carbons (Fsp3) is 0.286. The smallest absolute Gasteiger partial charge is 0.0897 e. The van der Waals surface area contributed by atoms with Gasteiger partial charge in [0.15, 0.2) is 0 Å². The van der Waals surface area contributed by atoms with Crippen molar-refractivity contribution in [1.29, 1.82) is 0 Å². The fourth-order valence-corrected chi connectivity index (χ4v) is 1.28. The Bertz CT molecular complexity index is 202. The lowest BCUT2D eigenvalue weighted by Crippen LogP contribution is -1.78. The Morgan fingerprint density at radius 1 is 1.89 bits per heavy atom. The van der Waals surface area contributed by atoms with Crippen LogP contribution in [0.15, 0.2) is 18.0 Å².